The predicted octanol–water partition coefficient (Wildman–Crippen LogP) is 3.65. The number of halogens is 1. The molecule has 1 N–H and O–H groups in total. The minimum Gasteiger partial charge on any atom is -0.490 e. The molecule has 7 nitrogen and oxygen atoms in total. The number of benzene rings is 1. The Morgan fingerprint density at radius 1 is 1.17 bits per heavy atom. The standard InChI is InChI=1S/C16H24BrN5O2/c1-4-7-8-22-16(19-20-21-22)18-11-12-9-13(17)15(24-6-3)14(10-12)23-5-2/h9-10H,4-8,11H2,1-3H3,(H,18,19,21). The van der Waals surface area contributed by atoms with Gasteiger partial charge in [0.25, 0.3) is 0 Å². The molecule has 8 heteroatoms. The molecule has 0 bridgehead atoms. The van der Waals surface area contributed by atoms with Crippen molar-refractivity contribution in [3.05, 3.63) is 22.2 Å². The maximum Gasteiger partial charge on any atom is 0.243 e. The van der Waals surface area contributed by atoms with Gasteiger partial charge in [0.1, 0.15) is 0 Å². The first kappa shape index (κ1) is 18.5. The molecule has 132 valence electrons. The van der Waals surface area contributed by atoms with Gasteiger partial charge in [0.2, 0.25) is 5.95 Å². The summed E-state index contributed by atoms with van der Waals surface area (Å²) in [5.74, 6) is 2.14. The molecular formula is C16H24BrN5O2. The second-order valence-electron chi connectivity index (χ2n) is 5.20. The highest BCUT2D eigenvalue weighted by Gasteiger charge is 2.13. The zero-order chi connectivity index (χ0) is 17.4. The molecule has 2 aromatic rings. The molecule has 0 aliphatic heterocycles. The molecule has 0 aliphatic carbocycles. The van der Waals surface area contributed by atoms with Gasteiger partial charge in [0.05, 0.1) is 17.7 Å². The van der Waals surface area contributed by atoms with Gasteiger partial charge < -0.3 is 14.8 Å². The van der Waals surface area contributed by atoms with Gasteiger partial charge in [-0.25, -0.2) is 4.68 Å². The van der Waals surface area contributed by atoms with Crippen LogP contribution in [0.25, 0.3) is 0 Å². The van der Waals surface area contributed by atoms with Crippen LogP contribution in [0, 0.1) is 0 Å². The van der Waals surface area contributed by atoms with Crippen molar-refractivity contribution in [3.63, 3.8) is 0 Å². The summed E-state index contributed by atoms with van der Waals surface area (Å²) in [5, 5.41) is 15.1. The van der Waals surface area contributed by atoms with Crippen LogP contribution in [0.3, 0.4) is 0 Å². The lowest BCUT2D eigenvalue weighted by molar-refractivity contribution is 0.286. The fourth-order valence-electron chi connectivity index (χ4n) is 2.24. The minimum atomic E-state index is 0.582. The van der Waals surface area contributed by atoms with E-state index < -0.39 is 0 Å². The molecule has 0 atom stereocenters. The number of nitrogens with one attached hydrogen (secondary N) is 1. The van der Waals surface area contributed by atoms with Crippen molar-refractivity contribution in [1.29, 1.82) is 0 Å². The average molecular weight is 398 g/mol. The van der Waals surface area contributed by atoms with E-state index in [4.69, 9.17) is 9.47 Å². The lowest BCUT2D eigenvalue weighted by Crippen LogP contribution is -2.09. The van der Waals surface area contributed by atoms with E-state index in [9.17, 15) is 0 Å². The summed E-state index contributed by atoms with van der Waals surface area (Å²) in [5.41, 5.74) is 1.05. The highest BCUT2D eigenvalue weighted by atomic mass is 79.9. The number of nitrogens with zero attached hydrogens (tertiary/aromatic N) is 4. The Morgan fingerprint density at radius 2 is 1.96 bits per heavy atom. The first-order chi connectivity index (χ1) is 11.7. The van der Waals surface area contributed by atoms with Crippen LogP contribution < -0.4 is 14.8 Å². The van der Waals surface area contributed by atoms with E-state index in [1.165, 1.54) is 0 Å². The summed E-state index contributed by atoms with van der Waals surface area (Å²) in [6.45, 7) is 8.62. The van der Waals surface area contributed by atoms with Crippen molar-refractivity contribution in [2.24, 2.45) is 0 Å². The molecule has 0 aliphatic rings. The second kappa shape index (κ2) is 9.46. The number of rotatable bonds is 10. The van der Waals surface area contributed by atoms with Gasteiger partial charge in [-0.15, -0.1) is 0 Å². The molecule has 2 rings (SSSR count). The normalized spacial score (nSPS) is 10.7. The van der Waals surface area contributed by atoms with E-state index in [1.807, 2.05) is 26.0 Å². The fraction of sp³-hybridized carbons (Fsp3) is 0.562. The molecule has 1 aromatic heterocycles. The summed E-state index contributed by atoms with van der Waals surface area (Å²) in [6, 6.07) is 3.99. The fourth-order valence-corrected chi connectivity index (χ4v) is 2.85. The van der Waals surface area contributed by atoms with Crippen molar-refractivity contribution in [2.45, 2.75) is 46.7 Å². The largest absolute Gasteiger partial charge is 0.490 e. The maximum atomic E-state index is 5.70. The molecule has 24 heavy (non-hydrogen) atoms. The summed E-state index contributed by atoms with van der Waals surface area (Å²) in [7, 11) is 0. The number of hydrogen-bond donors (Lipinski definition) is 1. The lowest BCUT2D eigenvalue weighted by atomic mass is 10.2. The number of anilines is 1. The quantitative estimate of drug-likeness (QED) is 0.659. The summed E-state index contributed by atoms with van der Waals surface area (Å²) >= 11 is 3.56. The van der Waals surface area contributed by atoms with Gasteiger partial charge in [-0.3, -0.25) is 0 Å². The van der Waals surface area contributed by atoms with Gasteiger partial charge in [0.15, 0.2) is 11.5 Å². The van der Waals surface area contributed by atoms with E-state index >= 15 is 0 Å². The van der Waals surface area contributed by atoms with E-state index in [-0.39, 0.29) is 0 Å². The Kier molecular flexibility index (Phi) is 7.30. The first-order valence-corrected chi connectivity index (χ1v) is 9.06. The van der Waals surface area contributed by atoms with Gasteiger partial charge in [-0.1, -0.05) is 18.4 Å². The molecule has 0 saturated carbocycles. The Hall–Kier alpha value is -1.83. The first-order valence-electron chi connectivity index (χ1n) is 8.27. The van der Waals surface area contributed by atoms with Crippen molar-refractivity contribution in [1.82, 2.24) is 20.2 Å². The Morgan fingerprint density at radius 3 is 2.67 bits per heavy atom. The van der Waals surface area contributed by atoms with Gasteiger partial charge >= 0.3 is 0 Å². The number of ether oxygens (including phenoxy) is 2. The molecule has 0 saturated heterocycles. The molecule has 1 aromatic carbocycles. The Balaban J connectivity index is 2.11. The zero-order valence-corrected chi connectivity index (χ0v) is 16.0. The summed E-state index contributed by atoms with van der Waals surface area (Å²) < 4.78 is 14.0. The molecule has 0 unspecified atom stereocenters. The van der Waals surface area contributed by atoms with Gasteiger partial charge in [-0.2, -0.15) is 0 Å². The smallest absolute Gasteiger partial charge is 0.243 e. The van der Waals surface area contributed by atoms with E-state index in [1.54, 1.807) is 4.68 Å². The van der Waals surface area contributed by atoms with Crippen LogP contribution in [0.5, 0.6) is 11.5 Å². The maximum absolute atomic E-state index is 5.70. The zero-order valence-electron chi connectivity index (χ0n) is 14.4. The minimum absolute atomic E-state index is 0.582. The number of unbranched alkanes of at least 4 members (excludes halogenated alkanes) is 1. The van der Waals surface area contributed by atoms with Crippen molar-refractivity contribution in [3.8, 4) is 11.5 Å². The number of aryl methyl sites for hydroxylation is 1. The van der Waals surface area contributed by atoms with Crippen LogP contribution in [0.15, 0.2) is 16.6 Å². The van der Waals surface area contributed by atoms with Crippen LogP contribution in [-0.4, -0.2) is 33.4 Å². The molecule has 0 fully saturated rings. The van der Waals surface area contributed by atoms with Gasteiger partial charge in [0, 0.05) is 13.1 Å². The Labute approximate surface area is 150 Å². The molecule has 0 spiro atoms. The SMILES string of the molecule is CCCCn1nnnc1NCc1cc(Br)c(OCC)c(OCC)c1. The van der Waals surface area contributed by atoms with Crippen molar-refractivity contribution >= 4 is 21.9 Å². The molecule has 1 heterocycles. The van der Waals surface area contributed by atoms with Crippen LogP contribution in [0.2, 0.25) is 0 Å². The second-order valence-corrected chi connectivity index (χ2v) is 6.06. The third-order valence-corrected chi connectivity index (χ3v) is 3.95. The number of aromatic nitrogens is 4. The highest BCUT2D eigenvalue weighted by Crippen LogP contribution is 2.37. The van der Waals surface area contributed by atoms with E-state index in [2.05, 4.69) is 43.7 Å². The highest BCUT2D eigenvalue weighted by molar-refractivity contribution is 9.10. The van der Waals surface area contributed by atoms with Crippen LogP contribution in [-0.2, 0) is 13.1 Å². The average Bonchev–Trinajstić information content (AvgIpc) is 3.02. The van der Waals surface area contributed by atoms with E-state index in [0.717, 1.165) is 40.9 Å². The number of tetrazole rings is 1. The Bertz CT molecular complexity index is 647. The van der Waals surface area contributed by atoms with Crippen LogP contribution >= 0.6 is 15.9 Å². The molecule has 0 radical (unpaired) electrons. The van der Waals surface area contributed by atoms with Crippen LogP contribution in [0.4, 0.5) is 5.95 Å². The summed E-state index contributed by atoms with van der Waals surface area (Å²) in [6.07, 6.45) is 2.14. The van der Waals surface area contributed by atoms with Crippen LogP contribution in [0.1, 0.15) is 39.2 Å². The predicted molar refractivity (Wildman–Crippen MR) is 96.5 cm³/mol. The third kappa shape index (κ3) is 4.83. The van der Waals surface area contributed by atoms with Crippen molar-refractivity contribution in [2.75, 3.05) is 18.5 Å². The lowest BCUT2D eigenvalue weighted by Gasteiger charge is -2.15. The monoisotopic (exact) mass is 397 g/mol. The third-order valence-electron chi connectivity index (χ3n) is 3.36. The number of hydrogen-bond acceptors (Lipinski definition) is 6. The topological polar surface area (TPSA) is 74.1 Å². The molecule has 0 amide bonds. The van der Waals surface area contributed by atoms with E-state index in [0.29, 0.717) is 25.7 Å². The van der Waals surface area contributed by atoms with Gasteiger partial charge in [-0.05, 0) is 64.3 Å². The summed E-state index contributed by atoms with van der Waals surface area (Å²) in [4.78, 5) is 0. The molecular weight excluding hydrogens is 374 g/mol. The van der Waals surface area contributed by atoms with Crippen molar-refractivity contribution < 1.29 is 9.47 Å².